The van der Waals surface area contributed by atoms with Crippen molar-refractivity contribution >= 4 is 0 Å². The molecule has 1 fully saturated rings. The van der Waals surface area contributed by atoms with Crippen molar-refractivity contribution in [1.82, 2.24) is 4.98 Å². The normalized spacial score (nSPS) is 20.6. The molecule has 0 bridgehead atoms. The molecule has 0 radical (unpaired) electrons. The van der Waals surface area contributed by atoms with Crippen LogP contribution in [0, 0.1) is 11.7 Å². The molecule has 0 saturated heterocycles. The standard InChI is InChI=1S/C14H20FNO/c15-13-8-12(9-16-10-13)14(17)11-6-4-2-1-3-5-7-11/h8-11,14,17H,1-7H2. The number of aliphatic hydroxyl groups excluding tert-OH is 1. The molecule has 1 saturated carbocycles. The molecule has 94 valence electrons. The van der Waals surface area contributed by atoms with Crippen molar-refractivity contribution in [3.8, 4) is 0 Å². The molecule has 1 heterocycles. The molecule has 2 nitrogen and oxygen atoms in total. The summed E-state index contributed by atoms with van der Waals surface area (Å²) in [5.41, 5.74) is 0.621. The van der Waals surface area contributed by atoms with Crippen molar-refractivity contribution in [1.29, 1.82) is 0 Å². The van der Waals surface area contributed by atoms with E-state index in [0.29, 0.717) is 5.56 Å². The first kappa shape index (κ1) is 12.5. The van der Waals surface area contributed by atoms with Gasteiger partial charge in [0.1, 0.15) is 5.82 Å². The molecule has 1 aromatic heterocycles. The van der Waals surface area contributed by atoms with Gasteiger partial charge in [0, 0.05) is 11.8 Å². The predicted octanol–water partition coefficient (Wildman–Crippen LogP) is 3.61. The molecule has 1 unspecified atom stereocenters. The van der Waals surface area contributed by atoms with Crippen LogP contribution in [0.1, 0.15) is 56.6 Å². The fraction of sp³-hybridized carbons (Fsp3) is 0.643. The van der Waals surface area contributed by atoms with Gasteiger partial charge in [0.25, 0.3) is 0 Å². The summed E-state index contributed by atoms with van der Waals surface area (Å²) in [4.78, 5) is 3.81. The topological polar surface area (TPSA) is 33.1 Å². The van der Waals surface area contributed by atoms with Crippen LogP contribution in [0.25, 0.3) is 0 Å². The van der Waals surface area contributed by atoms with Crippen LogP contribution in [0.4, 0.5) is 4.39 Å². The lowest BCUT2D eigenvalue weighted by molar-refractivity contribution is 0.0906. The first-order chi connectivity index (χ1) is 8.27. The van der Waals surface area contributed by atoms with E-state index in [9.17, 15) is 9.50 Å². The number of hydrogen-bond acceptors (Lipinski definition) is 2. The van der Waals surface area contributed by atoms with E-state index in [-0.39, 0.29) is 11.7 Å². The zero-order valence-corrected chi connectivity index (χ0v) is 10.1. The highest BCUT2D eigenvalue weighted by molar-refractivity contribution is 5.14. The van der Waals surface area contributed by atoms with E-state index in [1.807, 2.05) is 0 Å². The van der Waals surface area contributed by atoms with Gasteiger partial charge in [0.2, 0.25) is 0 Å². The first-order valence-electron chi connectivity index (χ1n) is 6.56. The summed E-state index contributed by atoms with van der Waals surface area (Å²) in [5, 5.41) is 10.3. The molecule has 17 heavy (non-hydrogen) atoms. The van der Waals surface area contributed by atoms with Crippen molar-refractivity contribution in [2.75, 3.05) is 0 Å². The van der Waals surface area contributed by atoms with Gasteiger partial charge in [-0.15, -0.1) is 0 Å². The highest BCUT2D eigenvalue weighted by Crippen LogP contribution is 2.32. The van der Waals surface area contributed by atoms with Crippen LogP contribution in [0.15, 0.2) is 18.5 Å². The Hall–Kier alpha value is -0.960. The molecule has 1 aliphatic rings. The second kappa shape index (κ2) is 6.10. The van der Waals surface area contributed by atoms with E-state index in [1.165, 1.54) is 44.4 Å². The van der Waals surface area contributed by atoms with E-state index >= 15 is 0 Å². The van der Waals surface area contributed by atoms with E-state index in [4.69, 9.17) is 0 Å². The Morgan fingerprint density at radius 2 is 1.76 bits per heavy atom. The number of nitrogens with zero attached hydrogens (tertiary/aromatic N) is 1. The van der Waals surface area contributed by atoms with Gasteiger partial charge in [-0.3, -0.25) is 4.98 Å². The lowest BCUT2D eigenvalue weighted by Crippen LogP contribution is -2.14. The van der Waals surface area contributed by atoms with E-state index in [0.717, 1.165) is 12.8 Å². The largest absolute Gasteiger partial charge is 0.388 e. The lowest BCUT2D eigenvalue weighted by atomic mass is 9.85. The number of rotatable bonds is 2. The van der Waals surface area contributed by atoms with Crippen LogP contribution < -0.4 is 0 Å². The van der Waals surface area contributed by atoms with Crippen molar-refractivity contribution in [2.24, 2.45) is 5.92 Å². The summed E-state index contributed by atoms with van der Waals surface area (Å²) in [6.45, 7) is 0. The Balaban J connectivity index is 2.04. The van der Waals surface area contributed by atoms with Crippen LogP contribution in [-0.2, 0) is 0 Å². The average molecular weight is 237 g/mol. The fourth-order valence-corrected chi connectivity index (χ4v) is 2.67. The van der Waals surface area contributed by atoms with Gasteiger partial charge in [-0.05, 0) is 24.8 Å². The third-order valence-corrected chi connectivity index (χ3v) is 3.66. The minimum absolute atomic E-state index is 0.263. The number of hydrogen-bond donors (Lipinski definition) is 1. The maximum Gasteiger partial charge on any atom is 0.141 e. The summed E-state index contributed by atoms with van der Waals surface area (Å²) in [6, 6.07) is 1.40. The fourth-order valence-electron chi connectivity index (χ4n) is 2.67. The van der Waals surface area contributed by atoms with Crippen molar-refractivity contribution in [3.63, 3.8) is 0 Å². The van der Waals surface area contributed by atoms with E-state index < -0.39 is 6.10 Å². The van der Waals surface area contributed by atoms with Crippen molar-refractivity contribution in [2.45, 2.75) is 51.0 Å². The van der Waals surface area contributed by atoms with Crippen LogP contribution in [-0.4, -0.2) is 10.1 Å². The molecule has 0 amide bonds. The Morgan fingerprint density at radius 3 is 2.41 bits per heavy atom. The Kier molecular flexibility index (Phi) is 4.49. The van der Waals surface area contributed by atoms with Crippen LogP contribution in [0.3, 0.4) is 0 Å². The minimum Gasteiger partial charge on any atom is -0.388 e. The molecular weight excluding hydrogens is 217 g/mol. The molecule has 0 aromatic carbocycles. The summed E-state index contributed by atoms with van der Waals surface area (Å²) in [5.74, 6) is -0.105. The highest BCUT2D eigenvalue weighted by atomic mass is 19.1. The predicted molar refractivity (Wildman–Crippen MR) is 65.0 cm³/mol. The second-order valence-corrected chi connectivity index (χ2v) is 4.99. The second-order valence-electron chi connectivity index (χ2n) is 4.99. The zero-order chi connectivity index (χ0) is 12.1. The Labute approximate surface area is 102 Å². The maximum absolute atomic E-state index is 13.1. The van der Waals surface area contributed by atoms with Gasteiger partial charge >= 0.3 is 0 Å². The maximum atomic E-state index is 13.1. The number of aliphatic hydroxyl groups is 1. The molecule has 2 rings (SSSR count). The molecule has 3 heteroatoms. The number of halogens is 1. The molecule has 0 aliphatic heterocycles. The third-order valence-electron chi connectivity index (χ3n) is 3.66. The monoisotopic (exact) mass is 237 g/mol. The van der Waals surface area contributed by atoms with Gasteiger partial charge in [-0.2, -0.15) is 0 Å². The number of pyridine rings is 1. The van der Waals surface area contributed by atoms with Crippen molar-refractivity contribution in [3.05, 3.63) is 29.8 Å². The van der Waals surface area contributed by atoms with Gasteiger partial charge in [-0.25, -0.2) is 4.39 Å². The Bertz CT molecular complexity index is 348. The van der Waals surface area contributed by atoms with E-state index in [1.54, 1.807) is 6.20 Å². The van der Waals surface area contributed by atoms with Gasteiger partial charge in [0.15, 0.2) is 0 Å². The quantitative estimate of drug-likeness (QED) is 0.852. The lowest BCUT2D eigenvalue weighted by Gasteiger charge is -2.24. The molecular formula is C14H20FNO. The molecule has 1 N–H and O–H groups in total. The SMILES string of the molecule is OC(c1cncc(F)c1)C1CCCCCCC1. The van der Waals surface area contributed by atoms with E-state index in [2.05, 4.69) is 4.98 Å². The van der Waals surface area contributed by atoms with Crippen LogP contribution in [0.5, 0.6) is 0 Å². The molecule has 1 aromatic rings. The molecule has 1 aliphatic carbocycles. The summed E-state index contributed by atoms with van der Waals surface area (Å²) in [6.07, 6.45) is 10.4. The van der Waals surface area contributed by atoms with Gasteiger partial charge < -0.3 is 5.11 Å². The Morgan fingerprint density at radius 1 is 1.12 bits per heavy atom. The smallest absolute Gasteiger partial charge is 0.141 e. The van der Waals surface area contributed by atoms with Crippen LogP contribution in [0.2, 0.25) is 0 Å². The third kappa shape index (κ3) is 3.50. The summed E-state index contributed by atoms with van der Waals surface area (Å²) in [7, 11) is 0. The summed E-state index contributed by atoms with van der Waals surface area (Å²) < 4.78 is 13.1. The van der Waals surface area contributed by atoms with Gasteiger partial charge in [0.05, 0.1) is 12.3 Å². The number of aromatic nitrogens is 1. The zero-order valence-electron chi connectivity index (χ0n) is 10.1. The first-order valence-corrected chi connectivity index (χ1v) is 6.56. The van der Waals surface area contributed by atoms with Crippen LogP contribution >= 0.6 is 0 Å². The summed E-state index contributed by atoms with van der Waals surface area (Å²) >= 11 is 0. The highest BCUT2D eigenvalue weighted by Gasteiger charge is 2.22. The van der Waals surface area contributed by atoms with Gasteiger partial charge in [-0.1, -0.05) is 32.1 Å². The molecule has 0 spiro atoms. The minimum atomic E-state index is -0.559. The average Bonchev–Trinajstić information content (AvgIpc) is 2.28. The molecule has 1 atom stereocenters. The van der Waals surface area contributed by atoms with Crippen molar-refractivity contribution < 1.29 is 9.50 Å².